The highest BCUT2D eigenvalue weighted by Gasteiger charge is 2.35. The molecule has 1 fully saturated rings. The molecule has 0 bridgehead atoms. The Balaban J connectivity index is 1.26. The zero-order chi connectivity index (χ0) is 26.9. The molecule has 5 aromatic rings. The van der Waals surface area contributed by atoms with Gasteiger partial charge in [-0.05, 0) is 64.5 Å². The van der Waals surface area contributed by atoms with E-state index in [-0.39, 0.29) is 36.0 Å². The van der Waals surface area contributed by atoms with Gasteiger partial charge >= 0.3 is 0 Å². The zero-order valence-corrected chi connectivity index (χ0v) is 21.5. The summed E-state index contributed by atoms with van der Waals surface area (Å²) in [5, 5.41) is 5.36. The second kappa shape index (κ2) is 10.2. The van der Waals surface area contributed by atoms with Crippen molar-refractivity contribution < 1.29 is 18.8 Å². The molecule has 2 heterocycles. The fourth-order valence-electron chi connectivity index (χ4n) is 4.79. The van der Waals surface area contributed by atoms with Gasteiger partial charge in [0, 0.05) is 28.4 Å². The lowest BCUT2D eigenvalue weighted by Crippen LogP contribution is -2.27. The van der Waals surface area contributed by atoms with Crippen LogP contribution < -0.4 is 5.32 Å². The van der Waals surface area contributed by atoms with E-state index < -0.39 is 0 Å². The number of fused-ring (bicyclic) bond motifs is 2. The highest BCUT2D eigenvalue weighted by atomic mass is 32.2. The number of para-hydroxylation sites is 1. The summed E-state index contributed by atoms with van der Waals surface area (Å²) in [6.45, 7) is 0.211. The van der Waals surface area contributed by atoms with Crippen molar-refractivity contribution in [3.05, 3.63) is 119 Å². The normalized spacial score (nSPS) is 14.6. The summed E-state index contributed by atoms with van der Waals surface area (Å²) in [5.41, 5.74) is 2.95. The molecular formula is C31H22FN3O3S. The van der Waals surface area contributed by atoms with Crippen molar-refractivity contribution in [3.8, 4) is 0 Å². The maximum Gasteiger partial charge on any atom is 0.293 e. The van der Waals surface area contributed by atoms with Crippen molar-refractivity contribution in [2.75, 3.05) is 5.32 Å². The molecular weight excluding hydrogens is 513 g/mol. The van der Waals surface area contributed by atoms with Gasteiger partial charge in [0.05, 0.1) is 11.4 Å². The lowest BCUT2D eigenvalue weighted by Gasteiger charge is -2.14. The molecule has 1 aromatic heterocycles. The Labute approximate surface area is 227 Å². The molecule has 4 aromatic carbocycles. The standard InChI is InChI=1S/C31H22FN3O3S/c32-23-12-14-24(15-13-23)33-29(36)19-34-17-22(26-10-3-4-11-27(26)34)16-28-30(37)35(31(38)39-28)18-21-8-5-7-20-6-1-2-9-25(20)21/h1-17H,18-19H2,(H,33,36)/b28-16-. The van der Waals surface area contributed by atoms with Gasteiger partial charge in [0.15, 0.2) is 0 Å². The summed E-state index contributed by atoms with van der Waals surface area (Å²) in [7, 11) is 0. The number of hydrogen-bond acceptors (Lipinski definition) is 4. The van der Waals surface area contributed by atoms with Crippen LogP contribution in [0.5, 0.6) is 0 Å². The number of benzene rings is 4. The van der Waals surface area contributed by atoms with Gasteiger partial charge in [-0.2, -0.15) is 0 Å². The van der Waals surface area contributed by atoms with Crippen LogP contribution in [0.2, 0.25) is 0 Å². The number of amides is 3. The highest BCUT2D eigenvalue weighted by Crippen LogP contribution is 2.35. The van der Waals surface area contributed by atoms with E-state index >= 15 is 0 Å². The summed E-state index contributed by atoms with van der Waals surface area (Å²) >= 11 is 0.915. The third-order valence-corrected chi connectivity index (χ3v) is 7.54. The third-order valence-electron chi connectivity index (χ3n) is 6.63. The third kappa shape index (κ3) is 4.94. The van der Waals surface area contributed by atoms with Crippen LogP contribution in [-0.4, -0.2) is 26.5 Å². The number of thioether (sulfide) groups is 1. The number of imide groups is 1. The van der Waals surface area contributed by atoms with Crippen LogP contribution in [0.15, 0.2) is 102 Å². The second-order valence-corrected chi connectivity index (χ2v) is 10.2. The Morgan fingerprint density at radius 2 is 1.59 bits per heavy atom. The first-order valence-electron chi connectivity index (χ1n) is 12.3. The van der Waals surface area contributed by atoms with Crippen LogP contribution in [-0.2, 0) is 22.7 Å². The van der Waals surface area contributed by atoms with Crippen LogP contribution in [0.1, 0.15) is 11.1 Å². The monoisotopic (exact) mass is 535 g/mol. The summed E-state index contributed by atoms with van der Waals surface area (Å²) in [6.07, 6.45) is 3.51. The molecule has 8 heteroatoms. The molecule has 0 saturated carbocycles. The van der Waals surface area contributed by atoms with Crippen LogP contribution in [0.3, 0.4) is 0 Å². The Kier molecular flexibility index (Phi) is 6.46. The van der Waals surface area contributed by atoms with E-state index in [1.54, 1.807) is 16.8 Å². The van der Waals surface area contributed by atoms with Gasteiger partial charge in [0.1, 0.15) is 12.4 Å². The van der Waals surface area contributed by atoms with Gasteiger partial charge in [-0.15, -0.1) is 0 Å². The fraction of sp³-hybridized carbons (Fsp3) is 0.0645. The minimum Gasteiger partial charge on any atom is -0.337 e. The molecule has 39 heavy (non-hydrogen) atoms. The molecule has 1 aliphatic rings. The average molecular weight is 536 g/mol. The van der Waals surface area contributed by atoms with E-state index in [1.807, 2.05) is 66.7 Å². The molecule has 0 unspecified atom stereocenters. The number of hydrogen-bond donors (Lipinski definition) is 1. The number of rotatable bonds is 6. The van der Waals surface area contributed by atoms with Gasteiger partial charge in [-0.25, -0.2) is 4.39 Å². The smallest absolute Gasteiger partial charge is 0.293 e. The van der Waals surface area contributed by atoms with Gasteiger partial charge in [0.2, 0.25) is 5.91 Å². The maximum atomic E-state index is 13.3. The van der Waals surface area contributed by atoms with Crippen molar-refractivity contribution in [2.45, 2.75) is 13.1 Å². The lowest BCUT2D eigenvalue weighted by molar-refractivity contribution is -0.123. The van der Waals surface area contributed by atoms with Crippen molar-refractivity contribution >= 4 is 62.3 Å². The van der Waals surface area contributed by atoms with Gasteiger partial charge in [-0.1, -0.05) is 60.7 Å². The Morgan fingerprint density at radius 1 is 0.872 bits per heavy atom. The topological polar surface area (TPSA) is 71.4 Å². The van der Waals surface area contributed by atoms with Crippen molar-refractivity contribution in [1.82, 2.24) is 9.47 Å². The molecule has 6 rings (SSSR count). The summed E-state index contributed by atoms with van der Waals surface area (Å²) in [6, 6.07) is 26.9. The molecule has 0 radical (unpaired) electrons. The lowest BCUT2D eigenvalue weighted by atomic mass is 10.0. The minimum absolute atomic E-state index is 0.0221. The predicted octanol–water partition coefficient (Wildman–Crippen LogP) is 6.81. The fourth-order valence-corrected chi connectivity index (χ4v) is 5.62. The predicted molar refractivity (Wildman–Crippen MR) is 152 cm³/mol. The highest BCUT2D eigenvalue weighted by molar-refractivity contribution is 8.18. The molecule has 1 saturated heterocycles. The average Bonchev–Trinajstić information content (AvgIpc) is 3.41. The summed E-state index contributed by atoms with van der Waals surface area (Å²) in [5.74, 6) is -0.997. The molecule has 0 atom stereocenters. The van der Waals surface area contributed by atoms with E-state index in [1.165, 1.54) is 29.2 Å². The number of carbonyl (C=O) groups is 3. The molecule has 192 valence electrons. The van der Waals surface area contributed by atoms with E-state index in [4.69, 9.17) is 0 Å². The molecule has 3 amide bonds. The Morgan fingerprint density at radius 3 is 2.41 bits per heavy atom. The number of aromatic nitrogens is 1. The summed E-state index contributed by atoms with van der Waals surface area (Å²) < 4.78 is 15.0. The van der Waals surface area contributed by atoms with Crippen molar-refractivity contribution in [2.24, 2.45) is 0 Å². The summed E-state index contributed by atoms with van der Waals surface area (Å²) in [4.78, 5) is 40.5. The quantitative estimate of drug-likeness (QED) is 0.243. The minimum atomic E-state index is -0.379. The van der Waals surface area contributed by atoms with E-state index in [0.717, 1.165) is 44.6 Å². The maximum absolute atomic E-state index is 13.3. The Bertz CT molecular complexity index is 1790. The molecule has 0 aliphatic carbocycles. The van der Waals surface area contributed by atoms with Crippen molar-refractivity contribution in [1.29, 1.82) is 0 Å². The number of carbonyl (C=O) groups excluding carboxylic acids is 3. The molecule has 6 nitrogen and oxygen atoms in total. The van der Waals surface area contributed by atoms with Gasteiger partial charge < -0.3 is 9.88 Å². The first-order valence-corrected chi connectivity index (χ1v) is 13.1. The van der Waals surface area contributed by atoms with E-state index in [9.17, 15) is 18.8 Å². The van der Waals surface area contributed by atoms with Crippen LogP contribution in [0, 0.1) is 5.82 Å². The van der Waals surface area contributed by atoms with Gasteiger partial charge in [-0.3, -0.25) is 19.3 Å². The SMILES string of the molecule is O=C(Cn1cc(/C=C2\SC(=O)N(Cc3cccc4ccccc34)C2=O)c2ccccc21)Nc1ccc(F)cc1. The van der Waals surface area contributed by atoms with Crippen LogP contribution in [0.25, 0.3) is 27.8 Å². The number of nitrogens with zero attached hydrogens (tertiary/aromatic N) is 2. The van der Waals surface area contributed by atoms with Crippen molar-refractivity contribution in [3.63, 3.8) is 0 Å². The number of halogens is 1. The van der Waals surface area contributed by atoms with Gasteiger partial charge in [0.25, 0.3) is 11.1 Å². The molecule has 1 aliphatic heterocycles. The zero-order valence-electron chi connectivity index (χ0n) is 20.6. The van der Waals surface area contributed by atoms with Crippen LogP contribution >= 0.6 is 11.8 Å². The Hall–Kier alpha value is -4.69. The first kappa shape index (κ1) is 24.6. The number of anilines is 1. The largest absolute Gasteiger partial charge is 0.337 e. The second-order valence-electron chi connectivity index (χ2n) is 9.19. The first-order chi connectivity index (χ1) is 19.0. The molecule has 0 spiro atoms. The number of nitrogens with one attached hydrogen (secondary N) is 1. The van der Waals surface area contributed by atoms with Crippen LogP contribution in [0.4, 0.5) is 14.9 Å². The van der Waals surface area contributed by atoms with E-state index in [0.29, 0.717) is 10.6 Å². The van der Waals surface area contributed by atoms with E-state index in [2.05, 4.69) is 5.32 Å². The molecule has 1 N–H and O–H groups in total.